The van der Waals surface area contributed by atoms with E-state index in [9.17, 15) is 4.79 Å². The molecule has 1 atom stereocenters. The summed E-state index contributed by atoms with van der Waals surface area (Å²) >= 11 is 0. The molecule has 0 aromatic heterocycles. The Balaban J connectivity index is 2.61. The zero-order valence-electron chi connectivity index (χ0n) is 11.0. The van der Waals surface area contributed by atoms with Gasteiger partial charge in [0.05, 0.1) is 25.9 Å². The molecule has 1 amide bonds. The van der Waals surface area contributed by atoms with Crippen molar-refractivity contribution in [3.05, 3.63) is 23.8 Å². The monoisotopic (exact) mass is 252 g/mol. The normalized spacial score (nSPS) is 12.0. The number of hydrogen-bond acceptors (Lipinski definition) is 4. The molecule has 1 rings (SSSR count). The quantitative estimate of drug-likeness (QED) is 0.704. The van der Waals surface area contributed by atoms with E-state index in [1.807, 2.05) is 25.1 Å². The van der Waals surface area contributed by atoms with Crippen LogP contribution in [0.3, 0.4) is 0 Å². The van der Waals surface area contributed by atoms with Crippen LogP contribution in [0.5, 0.6) is 5.75 Å². The van der Waals surface area contributed by atoms with E-state index in [1.54, 1.807) is 14.0 Å². The van der Waals surface area contributed by atoms with Crippen molar-refractivity contribution in [1.82, 2.24) is 5.32 Å². The summed E-state index contributed by atoms with van der Waals surface area (Å²) in [5.74, 6) is 0.461. The Morgan fingerprint density at radius 1 is 1.50 bits per heavy atom. The second kappa shape index (κ2) is 6.98. The summed E-state index contributed by atoms with van der Waals surface area (Å²) in [5.41, 5.74) is 1.70. The minimum Gasteiger partial charge on any atom is -0.495 e. The number of aliphatic hydroxyl groups is 1. The van der Waals surface area contributed by atoms with Crippen LogP contribution in [0, 0.1) is 6.92 Å². The lowest BCUT2D eigenvalue weighted by Crippen LogP contribution is -2.36. The molecule has 0 saturated carbocycles. The van der Waals surface area contributed by atoms with Crippen molar-refractivity contribution < 1.29 is 14.6 Å². The van der Waals surface area contributed by atoms with Crippen LogP contribution in [0.4, 0.5) is 5.69 Å². The number of anilines is 1. The maximum Gasteiger partial charge on any atom is 0.238 e. The van der Waals surface area contributed by atoms with E-state index in [0.29, 0.717) is 11.4 Å². The molecule has 3 N–H and O–H groups in total. The Hall–Kier alpha value is -1.59. The van der Waals surface area contributed by atoms with Gasteiger partial charge in [-0.05, 0) is 31.5 Å². The Bertz CT molecular complexity index is 407. The van der Waals surface area contributed by atoms with Crippen molar-refractivity contribution in [2.24, 2.45) is 0 Å². The standard InChI is InChI=1S/C13H20N2O3/c1-9-4-5-12(18-3)11(6-9)15-13(17)7-14-10(2)8-16/h4-6,10,14,16H,7-8H2,1-3H3,(H,15,17). The van der Waals surface area contributed by atoms with Crippen LogP contribution in [-0.2, 0) is 4.79 Å². The van der Waals surface area contributed by atoms with Gasteiger partial charge in [-0.15, -0.1) is 0 Å². The number of rotatable bonds is 6. The van der Waals surface area contributed by atoms with Crippen molar-refractivity contribution in [2.75, 3.05) is 25.6 Å². The lowest BCUT2D eigenvalue weighted by atomic mass is 10.2. The molecule has 100 valence electrons. The largest absolute Gasteiger partial charge is 0.495 e. The van der Waals surface area contributed by atoms with Gasteiger partial charge in [0.2, 0.25) is 5.91 Å². The molecule has 1 aromatic rings. The molecule has 0 saturated heterocycles. The van der Waals surface area contributed by atoms with Gasteiger partial charge < -0.3 is 20.5 Å². The van der Waals surface area contributed by atoms with E-state index in [0.717, 1.165) is 5.56 Å². The number of nitrogens with one attached hydrogen (secondary N) is 2. The van der Waals surface area contributed by atoms with E-state index >= 15 is 0 Å². The topological polar surface area (TPSA) is 70.6 Å². The third-order valence-electron chi connectivity index (χ3n) is 2.51. The molecular weight excluding hydrogens is 232 g/mol. The Morgan fingerprint density at radius 2 is 2.22 bits per heavy atom. The lowest BCUT2D eigenvalue weighted by molar-refractivity contribution is -0.115. The average Bonchev–Trinajstić information content (AvgIpc) is 2.36. The molecule has 0 spiro atoms. The van der Waals surface area contributed by atoms with Crippen molar-refractivity contribution >= 4 is 11.6 Å². The Kier molecular flexibility index (Phi) is 5.61. The molecule has 1 unspecified atom stereocenters. The molecule has 5 heteroatoms. The highest BCUT2D eigenvalue weighted by molar-refractivity contribution is 5.93. The van der Waals surface area contributed by atoms with E-state index in [2.05, 4.69) is 10.6 Å². The summed E-state index contributed by atoms with van der Waals surface area (Å²) in [6.07, 6.45) is 0. The average molecular weight is 252 g/mol. The van der Waals surface area contributed by atoms with Gasteiger partial charge in [-0.3, -0.25) is 4.79 Å². The molecule has 0 aliphatic carbocycles. The van der Waals surface area contributed by atoms with Crippen molar-refractivity contribution in [3.63, 3.8) is 0 Å². The summed E-state index contributed by atoms with van der Waals surface area (Å²) in [7, 11) is 1.56. The lowest BCUT2D eigenvalue weighted by Gasteiger charge is -2.13. The van der Waals surface area contributed by atoms with Crippen LogP contribution < -0.4 is 15.4 Å². The summed E-state index contributed by atoms with van der Waals surface area (Å²) in [6, 6.07) is 5.48. The molecule has 0 radical (unpaired) electrons. The minimum atomic E-state index is -0.167. The summed E-state index contributed by atoms with van der Waals surface area (Å²) < 4.78 is 5.17. The number of benzene rings is 1. The summed E-state index contributed by atoms with van der Waals surface area (Å²) in [6.45, 7) is 3.90. The van der Waals surface area contributed by atoms with Crippen LogP contribution in [0.1, 0.15) is 12.5 Å². The van der Waals surface area contributed by atoms with E-state index in [4.69, 9.17) is 9.84 Å². The zero-order chi connectivity index (χ0) is 13.5. The fraction of sp³-hybridized carbons (Fsp3) is 0.462. The second-order valence-electron chi connectivity index (χ2n) is 4.22. The van der Waals surface area contributed by atoms with Crippen molar-refractivity contribution in [1.29, 1.82) is 0 Å². The number of methoxy groups -OCH3 is 1. The van der Waals surface area contributed by atoms with Gasteiger partial charge in [0.1, 0.15) is 5.75 Å². The number of hydrogen-bond donors (Lipinski definition) is 3. The first-order valence-corrected chi connectivity index (χ1v) is 5.85. The predicted molar refractivity (Wildman–Crippen MR) is 70.9 cm³/mol. The fourth-order valence-electron chi connectivity index (χ4n) is 1.45. The SMILES string of the molecule is COc1ccc(C)cc1NC(=O)CNC(C)CO. The van der Waals surface area contributed by atoms with E-state index < -0.39 is 0 Å². The van der Waals surface area contributed by atoms with Gasteiger partial charge in [0.25, 0.3) is 0 Å². The van der Waals surface area contributed by atoms with Crippen molar-refractivity contribution in [2.45, 2.75) is 19.9 Å². The third-order valence-corrected chi connectivity index (χ3v) is 2.51. The highest BCUT2D eigenvalue weighted by Gasteiger charge is 2.08. The van der Waals surface area contributed by atoms with E-state index in [1.165, 1.54) is 0 Å². The first-order valence-electron chi connectivity index (χ1n) is 5.85. The number of aryl methyl sites for hydroxylation is 1. The number of carbonyl (C=O) groups excluding carboxylic acids is 1. The maximum absolute atomic E-state index is 11.7. The second-order valence-corrected chi connectivity index (χ2v) is 4.22. The van der Waals surface area contributed by atoms with Crippen LogP contribution in [0.25, 0.3) is 0 Å². The molecule has 0 aliphatic heterocycles. The van der Waals surface area contributed by atoms with Gasteiger partial charge in [-0.2, -0.15) is 0 Å². The number of ether oxygens (including phenoxy) is 1. The van der Waals surface area contributed by atoms with Gasteiger partial charge in [-0.25, -0.2) is 0 Å². The minimum absolute atomic E-state index is 0.00104. The molecular formula is C13H20N2O3. The van der Waals surface area contributed by atoms with E-state index in [-0.39, 0.29) is 25.1 Å². The van der Waals surface area contributed by atoms with Gasteiger partial charge in [0.15, 0.2) is 0 Å². The van der Waals surface area contributed by atoms with Crippen LogP contribution in [0.15, 0.2) is 18.2 Å². The van der Waals surface area contributed by atoms with Crippen LogP contribution in [0.2, 0.25) is 0 Å². The first-order chi connectivity index (χ1) is 8.56. The Morgan fingerprint density at radius 3 is 2.83 bits per heavy atom. The molecule has 5 nitrogen and oxygen atoms in total. The highest BCUT2D eigenvalue weighted by atomic mass is 16.5. The molecule has 0 fully saturated rings. The van der Waals surface area contributed by atoms with Gasteiger partial charge >= 0.3 is 0 Å². The van der Waals surface area contributed by atoms with Gasteiger partial charge in [0, 0.05) is 6.04 Å². The third kappa shape index (κ3) is 4.35. The first kappa shape index (κ1) is 14.5. The molecule has 18 heavy (non-hydrogen) atoms. The van der Waals surface area contributed by atoms with Crippen molar-refractivity contribution in [3.8, 4) is 5.75 Å². The predicted octanol–water partition coefficient (Wildman–Crippen LogP) is 0.913. The maximum atomic E-state index is 11.7. The molecule has 1 aromatic carbocycles. The number of aliphatic hydroxyl groups excluding tert-OH is 1. The highest BCUT2D eigenvalue weighted by Crippen LogP contribution is 2.24. The van der Waals surface area contributed by atoms with Gasteiger partial charge in [-0.1, -0.05) is 6.07 Å². The summed E-state index contributed by atoms with van der Waals surface area (Å²) in [4.78, 5) is 11.7. The number of amides is 1. The Labute approximate surface area is 107 Å². The molecule has 0 aliphatic rings. The molecule has 0 heterocycles. The van der Waals surface area contributed by atoms with Crippen LogP contribution in [-0.4, -0.2) is 37.3 Å². The smallest absolute Gasteiger partial charge is 0.238 e. The van der Waals surface area contributed by atoms with Crippen LogP contribution >= 0.6 is 0 Å². The number of carbonyl (C=O) groups is 1. The molecule has 0 bridgehead atoms. The fourth-order valence-corrected chi connectivity index (χ4v) is 1.45. The zero-order valence-corrected chi connectivity index (χ0v) is 11.0. The summed E-state index contributed by atoms with van der Waals surface area (Å²) in [5, 5.41) is 14.5.